The van der Waals surface area contributed by atoms with Crippen molar-refractivity contribution < 1.29 is 28.2 Å². The molecule has 0 aliphatic carbocycles. The van der Waals surface area contributed by atoms with Crippen LogP contribution in [0.5, 0.6) is 5.75 Å². The fourth-order valence-electron chi connectivity index (χ4n) is 3.66. The predicted molar refractivity (Wildman–Crippen MR) is 186 cm³/mol. The SMILES string of the molecule is C/C=C(\C)NC(=O)CC1=CCC(=Nc2ncnc3cc(OCCCN(CC)CCOP(O)O)ccc23)NN1.C/C=C/F.CC.CC. The van der Waals surface area contributed by atoms with Gasteiger partial charge in [0.25, 0.3) is 0 Å². The third-order valence-corrected chi connectivity index (χ3v) is 6.35. The Kier molecular flexibility index (Phi) is 24.7. The number of halogens is 1. The van der Waals surface area contributed by atoms with Gasteiger partial charge in [-0.25, -0.2) is 19.4 Å². The fourth-order valence-corrected chi connectivity index (χ4v) is 3.91. The van der Waals surface area contributed by atoms with Crippen LogP contribution in [0, 0.1) is 0 Å². The van der Waals surface area contributed by atoms with E-state index in [-0.39, 0.29) is 18.9 Å². The Balaban J connectivity index is 0.00000230. The highest BCUT2D eigenvalue weighted by Gasteiger charge is 2.13. The molecule has 258 valence electrons. The molecule has 12 nitrogen and oxygen atoms in total. The Labute approximate surface area is 274 Å². The number of amidine groups is 1. The Hall–Kier alpha value is -3.48. The number of hydrogen-bond donors (Lipinski definition) is 5. The maximum Gasteiger partial charge on any atom is 0.327 e. The topological polar surface area (TPSA) is 153 Å². The number of nitrogens with one attached hydrogen (secondary N) is 3. The zero-order chi connectivity index (χ0) is 34.7. The highest BCUT2D eigenvalue weighted by atomic mass is 31.2. The van der Waals surface area contributed by atoms with E-state index >= 15 is 0 Å². The van der Waals surface area contributed by atoms with Crippen molar-refractivity contribution in [1.82, 2.24) is 31.0 Å². The van der Waals surface area contributed by atoms with Gasteiger partial charge in [0.05, 0.1) is 31.5 Å². The van der Waals surface area contributed by atoms with Gasteiger partial charge in [0.15, 0.2) is 5.82 Å². The lowest BCUT2D eigenvalue weighted by atomic mass is 10.2. The van der Waals surface area contributed by atoms with Crippen LogP contribution in [-0.2, 0) is 9.32 Å². The van der Waals surface area contributed by atoms with Crippen LogP contribution in [0.15, 0.2) is 65.5 Å². The first-order valence-electron chi connectivity index (χ1n) is 15.6. The molecule has 0 saturated heterocycles. The second kappa shape index (κ2) is 26.7. The number of rotatable bonds is 14. The second-order valence-electron chi connectivity index (χ2n) is 9.00. The lowest BCUT2D eigenvalue weighted by Crippen LogP contribution is -2.41. The summed E-state index contributed by atoms with van der Waals surface area (Å²) < 4.78 is 21.3. The largest absolute Gasteiger partial charge is 0.493 e. The van der Waals surface area contributed by atoms with Gasteiger partial charge >= 0.3 is 8.60 Å². The fraction of sp³-hybridized carbons (Fsp3) is 0.500. The molecule has 0 fully saturated rings. The lowest BCUT2D eigenvalue weighted by molar-refractivity contribution is -0.119. The number of ether oxygens (including phenoxy) is 1. The third-order valence-electron chi connectivity index (χ3n) is 5.93. The van der Waals surface area contributed by atoms with Gasteiger partial charge in [-0.2, -0.15) is 0 Å². The molecule has 0 unspecified atom stereocenters. The van der Waals surface area contributed by atoms with Gasteiger partial charge in [-0.05, 0) is 45.9 Å². The van der Waals surface area contributed by atoms with Crippen LogP contribution in [0.25, 0.3) is 10.9 Å². The van der Waals surface area contributed by atoms with Gasteiger partial charge in [-0.1, -0.05) is 52.8 Å². The molecule has 2 heterocycles. The van der Waals surface area contributed by atoms with E-state index in [4.69, 9.17) is 19.0 Å². The number of benzene rings is 1. The quantitative estimate of drug-likeness (QED) is 0.114. The van der Waals surface area contributed by atoms with E-state index in [0.717, 1.165) is 41.8 Å². The summed E-state index contributed by atoms with van der Waals surface area (Å²) in [5, 5.41) is 3.62. The first kappa shape index (κ1) is 42.5. The highest BCUT2D eigenvalue weighted by molar-refractivity contribution is 7.39. The van der Waals surface area contributed by atoms with Crippen molar-refractivity contribution in [3.8, 4) is 5.75 Å². The van der Waals surface area contributed by atoms with E-state index in [2.05, 4.69) is 36.0 Å². The molecule has 2 aromatic rings. The van der Waals surface area contributed by atoms with E-state index in [9.17, 15) is 9.18 Å². The summed E-state index contributed by atoms with van der Waals surface area (Å²) in [5.74, 6) is 1.85. The van der Waals surface area contributed by atoms with Crippen molar-refractivity contribution in [3.05, 3.63) is 60.5 Å². The van der Waals surface area contributed by atoms with Crippen LogP contribution >= 0.6 is 8.60 Å². The predicted octanol–water partition coefficient (Wildman–Crippen LogP) is 6.33. The highest BCUT2D eigenvalue weighted by Crippen LogP contribution is 2.26. The van der Waals surface area contributed by atoms with Gasteiger partial charge in [-0.15, -0.1) is 0 Å². The summed E-state index contributed by atoms with van der Waals surface area (Å²) in [6.45, 7) is 18.5. The molecule has 1 aliphatic rings. The lowest BCUT2D eigenvalue weighted by Gasteiger charge is -2.20. The zero-order valence-corrected chi connectivity index (χ0v) is 29.4. The Morgan fingerprint density at radius 3 is 2.46 bits per heavy atom. The average molecular weight is 666 g/mol. The van der Waals surface area contributed by atoms with Crippen molar-refractivity contribution in [1.29, 1.82) is 0 Å². The van der Waals surface area contributed by atoms with Crippen LogP contribution in [0.2, 0.25) is 0 Å². The maximum atomic E-state index is 12.1. The number of fused-ring (bicyclic) bond motifs is 1. The maximum absolute atomic E-state index is 12.1. The monoisotopic (exact) mass is 665 g/mol. The van der Waals surface area contributed by atoms with Crippen molar-refractivity contribution in [3.63, 3.8) is 0 Å². The normalized spacial score (nSPS) is 13.5. The Morgan fingerprint density at radius 2 is 1.87 bits per heavy atom. The van der Waals surface area contributed by atoms with E-state index in [0.29, 0.717) is 43.3 Å². The molecule has 1 aliphatic heterocycles. The number of hydrazine groups is 1. The van der Waals surface area contributed by atoms with E-state index in [1.807, 2.05) is 78.8 Å². The first-order chi connectivity index (χ1) is 22.3. The van der Waals surface area contributed by atoms with Crippen LogP contribution in [0.3, 0.4) is 0 Å². The number of amides is 1. The minimum absolute atomic E-state index is 0.0851. The average Bonchev–Trinajstić information content (AvgIpc) is 3.08. The number of hydrogen-bond acceptors (Lipinski definition) is 10. The van der Waals surface area contributed by atoms with Gasteiger partial charge in [-0.3, -0.25) is 10.2 Å². The molecule has 0 atom stereocenters. The molecule has 1 aromatic heterocycles. The molecule has 46 heavy (non-hydrogen) atoms. The molecule has 0 bridgehead atoms. The van der Waals surface area contributed by atoms with E-state index in [1.54, 1.807) is 6.92 Å². The molecule has 3 rings (SSSR count). The number of carbonyl (C=O) groups excluding carboxylic acids is 1. The summed E-state index contributed by atoms with van der Waals surface area (Å²) in [5.41, 5.74) is 8.40. The number of aliphatic imine (C=N–C) groups is 1. The molecule has 1 amide bonds. The van der Waals surface area contributed by atoms with Crippen molar-refractivity contribution in [2.75, 3.05) is 32.8 Å². The molecular weight excluding hydrogens is 612 g/mol. The number of aromatic nitrogens is 2. The van der Waals surface area contributed by atoms with Gasteiger partial charge < -0.3 is 34.7 Å². The summed E-state index contributed by atoms with van der Waals surface area (Å²) in [7, 11) is -2.31. The smallest absolute Gasteiger partial charge is 0.327 e. The first-order valence-corrected chi connectivity index (χ1v) is 16.8. The van der Waals surface area contributed by atoms with E-state index < -0.39 is 8.60 Å². The van der Waals surface area contributed by atoms with Crippen LogP contribution < -0.4 is 20.9 Å². The minimum atomic E-state index is -2.31. The molecule has 0 radical (unpaired) electrons. The van der Waals surface area contributed by atoms with Gasteiger partial charge in [0, 0.05) is 42.4 Å². The summed E-state index contributed by atoms with van der Waals surface area (Å²) in [6, 6.07) is 5.64. The molecule has 5 N–H and O–H groups in total. The van der Waals surface area contributed by atoms with Crippen LogP contribution in [-0.4, -0.2) is 69.2 Å². The number of nitrogens with zero attached hydrogens (tertiary/aromatic N) is 4. The second-order valence-corrected chi connectivity index (χ2v) is 9.76. The summed E-state index contributed by atoms with van der Waals surface area (Å²) in [6.07, 6.45) is 8.67. The Morgan fingerprint density at radius 1 is 1.15 bits per heavy atom. The van der Waals surface area contributed by atoms with Crippen LogP contribution in [0.4, 0.5) is 10.2 Å². The number of allylic oxidation sites excluding steroid dienone is 3. The van der Waals surface area contributed by atoms with Gasteiger partial charge in [0.1, 0.15) is 17.9 Å². The summed E-state index contributed by atoms with van der Waals surface area (Å²) >= 11 is 0. The molecule has 0 spiro atoms. The van der Waals surface area contributed by atoms with Gasteiger partial charge in [0.2, 0.25) is 5.91 Å². The zero-order valence-electron chi connectivity index (χ0n) is 28.5. The van der Waals surface area contributed by atoms with Crippen LogP contribution in [0.1, 0.15) is 74.7 Å². The molecule has 14 heteroatoms. The molecule has 1 aromatic carbocycles. The third kappa shape index (κ3) is 17.9. The number of likely N-dealkylation sites (N-methyl/N-ethyl adjacent to an activating group) is 1. The summed E-state index contributed by atoms with van der Waals surface area (Å²) in [4.78, 5) is 45.3. The standard InChI is InChI=1S/C25H36N7O5P.C3H5F.2C2H6/c1-4-18(3)28-24(33)15-19-7-10-23(31-30-19)29-25-21-9-8-20(16-22(21)26-17-27-25)36-13-6-11-32(5-2)12-14-37-38(34)35;1-2-3-4;2*1-2/h4,7-9,16-17,30,34-35H,5-6,10-15H2,1-3H3,(H,28,33)(H,26,27,29,31);2-3H,1H3;2*1-2H3/b18-4+;3-2+;;. The Bertz CT molecular complexity index is 1250. The minimum Gasteiger partial charge on any atom is -0.493 e. The molecule has 0 saturated carbocycles. The van der Waals surface area contributed by atoms with Crippen molar-refractivity contribution >= 4 is 37.1 Å². The van der Waals surface area contributed by atoms with Crippen molar-refractivity contribution in [2.45, 2.75) is 74.7 Å². The molecular formula is C32H53FN7O5P. The van der Waals surface area contributed by atoms with E-state index in [1.165, 1.54) is 12.4 Å². The number of carbonyl (C=O) groups is 1. The van der Waals surface area contributed by atoms with Crippen molar-refractivity contribution in [2.24, 2.45) is 4.99 Å².